The van der Waals surface area contributed by atoms with Crippen LogP contribution in [0.25, 0.3) is 0 Å². The number of halogens is 1. The second-order valence-electron chi connectivity index (χ2n) is 6.03. The van der Waals surface area contributed by atoms with Crippen LogP contribution in [0.4, 0.5) is 5.82 Å². The first-order valence-corrected chi connectivity index (χ1v) is 8.56. The van der Waals surface area contributed by atoms with Crippen LogP contribution in [0.2, 0.25) is 5.28 Å². The Bertz CT molecular complexity index is 809. The number of benzene rings is 1. The molecular weight excluding hydrogens is 344 g/mol. The van der Waals surface area contributed by atoms with Gasteiger partial charge in [0.1, 0.15) is 6.10 Å². The lowest BCUT2D eigenvalue weighted by atomic mass is 9.92. The predicted octanol–water partition coefficient (Wildman–Crippen LogP) is 2.41. The molecule has 1 aliphatic carbocycles. The van der Waals surface area contributed by atoms with Gasteiger partial charge < -0.3 is 10.1 Å². The van der Waals surface area contributed by atoms with E-state index in [9.17, 15) is 9.59 Å². The van der Waals surface area contributed by atoms with Crippen molar-refractivity contribution in [1.82, 2.24) is 14.8 Å². The summed E-state index contributed by atoms with van der Waals surface area (Å²) in [5.41, 5.74) is 0.146. The molecule has 2 aromatic rings. The Hall–Kier alpha value is -2.41. The third-order valence-corrected chi connectivity index (χ3v) is 4.64. The monoisotopic (exact) mass is 362 g/mol. The molecule has 0 radical (unpaired) electrons. The number of nitrogens with one attached hydrogen (secondary N) is 1. The fourth-order valence-electron chi connectivity index (χ4n) is 2.89. The molecule has 2 atom stereocenters. The predicted molar refractivity (Wildman–Crippen MR) is 93.8 cm³/mol. The molecule has 0 saturated heterocycles. The van der Waals surface area contributed by atoms with Crippen molar-refractivity contribution in [2.75, 3.05) is 5.32 Å². The Morgan fingerprint density at radius 2 is 1.96 bits per heavy atom. The number of ether oxygens (including phenoxy) is 1. The Labute approximate surface area is 150 Å². The maximum absolute atomic E-state index is 12.3. The lowest BCUT2D eigenvalue weighted by Crippen LogP contribution is -2.42. The first kappa shape index (κ1) is 17.4. The number of carbonyl (C=O) groups excluding carboxylic acids is 1. The highest BCUT2D eigenvalue weighted by atomic mass is 35.5. The van der Waals surface area contributed by atoms with E-state index in [1.807, 2.05) is 6.07 Å². The van der Waals surface area contributed by atoms with Crippen LogP contribution in [0.5, 0.6) is 0 Å². The molecule has 0 bridgehead atoms. The number of anilines is 1. The van der Waals surface area contributed by atoms with Crippen LogP contribution in [0.1, 0.15) is 36.0 Å². The second kappa shape index (κ2) is 7.65. The molecule has 3 rings (SSSR count). The lowest BCUT2D eigenvalue weighted by Gasteiger charge is -2.31. The summed E-state index contributed by atoms with van der Waals surface area (Å²) >= 11 is 5.79. The summed E-state index contributed by atoms with van der Waals surface area (Å²) in [7, 11) is 1.53. The van der Waals surface area contributed by atoms with Gasteiger partial charge >= 0.3 is 5.97 Å². The number of hydrogen-bond acceptors (Lipinski definition) is 6. The Morgan fingerprint density at radius 3 is 2.72 bits per heavy atom. The van der Waals surface area contributed by atoms with Gasteiger partial charge in [0.25, 0.3) is 5.56 Å². The first-order valence-electron chi connectivity index (χ1n) is 8.18. The molecule has 1 N–H and O–H groups in total. The molecule has 132 valence electrons. The average molecular weight is 363 g/mol. The van der Waals surface area contributed by atoms with Gasteiger partial charge in [0.15, 0.2) is 0 Å². The van der Waals surface area contributed by atoms with E-state index in [1.54, 1.807) is 24.3 Å². The third kappa shape index (κ3) is 3.99. The zero-order chi connectivity index (χ0) is 17.8. The van der Waals surface area contributed by atoms with Crippen LogP contribution in [-0.2, 0) is 11.8 Å². The molecular formula is C17H19ClN4O3. The van der Waals surface area contributed by atoms with E-state index in [0.717, 1.165) is 25.7 Å². The normalized spacial score (nSPS) is 20.1. The number of aromatic nitrogens is 3. The van der Waals surface area contributed by atoms with Crippen LogP contribution < -0.4 is 10.9 Å². The Kier molecular flexibility index (Phi) is 5.33. The van der Waals surface area contributed by atoms with Gasteiger partial charge in [-0.15, -0.1) is 10.2 Å². The molecule has 0 unspecified atom stereocenters. The van der Waals surface area contributed by atoms with Crippen LogP contribution in [0.15, 0.2) is 35.1 Å². The number of carbonyl (C=O) groups is 1. The topological polar surface area (TPSA) is 86.1 Å². The molecule has 0 spiro atoms. The molecule has 1 fully saturated rings. The van der Waals surface area contributed by atoms with E-state index in [-0.39, 0.29) is 34.8 Å². The van der Waals surface area contributed by atoms with Crippen molar-refractivity contribution in [1.29, 1.82) is 0 Å². The molecule has 1 heterocycles. The first-order chi connectivity index (χ1) is 12.1. The highest BCUT2D eigenvalue weighted by molar-refractivity contribution is 6.28. The van der Waals surface area contributed by atoms with Gasteiger partial charge in [-0.3, -0.25) is 9.36 Å². The largest absolute Gasteiger partial charge is 0.457 e. The summed E-state index contributed by atoms with van der Waals surface area (Å²) in [5.74, 6) is -0.256. The molecule has 7 nitrogen and oxygen atoms in total. The fourth-order valence-corrected chi connectivity index (χ4v) is 3.01. The molecule has 8 heteroatoms. The van der Waals surface area contributed by atoms with Crippen molar-refractivity contribution >= 4 is 23.4 Å². The summed E-state index contributed by atoms with van der Waals surface area (Å²) in [5, 5.41) is 10.7. The number of esters is 1. The van der Waals surface area contributed by atoms with Crippen molar-refractivity contribution in [3.8, 4) is 0 Å². The number of hydrogen-bond donors (Lipinski definition) is 1. The maximum Gasteiger partial charge on any atom is 0.338 e. The quantitative estimate of drug-likeness (QED) is 0.840. The fraction of sp³-hybridized carbons (Fsp3) is 0.412. The highest BCUT2D eigenvalue weighted by Gasteiger charge is 2.30. The lowest BCUT2D eigenvalue weighted by molar-refractivity contribution is 0.0174. The minimum atomic E-state index is -0.366. The van der Waals surface area contributed by atoms with Crippen LogP contribution in [0, 0.1) is 0 Å². The molecule has 0 aliphatic heterocycles. The maximum atomic E-state index is 12.3. The van der Waals surface area contributed by atoms with E-state index in [2.05, 4.69) is 15.5 Å². The number of nitrogens with zero attached hydrogens (tertiary/aromatic N) is 3. The van der Waals surface area contributed by atoms with Gasteiger partial charge in [-0.2, -0.15) is 0 Å². The van der Waals surface area contributed by atoms with E-state index < -0.39 is 0 Å². The van der Waals surface area contributed by atoms with Gasteiger partial charge in [0.2, 0.25) is 11.1 Å². The summed E-state index contributed by atoms with van der Waals surface area (Å²) in [6.45, 7) is 0. The van der Waals surface area contributed by atoms with Crippen LogP contribution in [0.3, 0.4) is 0 Å². The highest BCUT2D eigenvalue weighted by Crippen LogP contribution is 2.24. The Balaban J connectivity index is 1.74. The van der Waals surface area contributed by atoms with Crippen molar-refractivity contribution in [3.05, 3.63) is 51.5 Å². The van der Waals surface area contributed by atoms with Gasteiger partial charge in [-0.25, -0.2) is 4.79 Å². The van der Waals surface area contributed by atoms with Crippen molar-refractivity contribution in [2.24, 2.45) is 7.05 Å². The van der Waals surface area contributed by atoms with Gasteiger partial charge in [-0.1, -0.05) is 24.6 Å². The van der Waals surface area contributed by atoms with Crippen molar-refractivity contribution in [3.63, 3.8) is 0 Å². The Morgan fingerprint density at radius 1 is 1.24 bits per heavy atom. The second-order valence-corrected chi connectivity index (χ2v) is 6.36. The summed E-state index contributed by atoms with van der Waals surface area (Å²) in [6, 6.07) is 8.67. The molecule has 1 aromatic heterocycles. The molecule has 25 heavy (non-hydrogen) atoms. The van der Waals surface area contributed by atoms with E-state index in [4.69, 9.17) is 16.3 Å². The van der Waals surface area contributed by atoms with Crippen LogP contribution in [-0.4, -0.2) is 32.9 Å². The van der Waals surface area contributed by atoms with Crippen LogP contribution >= 0.6 is 11.6 Å². The SMILES string of the molecule is Cn1c(Cl)nnc(N[C@@H]2CCCC[C@H]2OC(=O)c2ccccc2)c1=O. The van der Waals surface area contributed by atoms with Crippen molar-refractivity contribution in [2.45, 2.75) is 37.8 Å². The number of rotatable bonds is 4. The van der Waals surface area contributed by atoms with E-state index >= 15 is 0 Å². The minimum absolute atomic E-state index is 0.0197. The summed E-state index contributed by atoms with van der Waals surface area (Å²) in [4.78, 5) is 24.5. The summed E-state index contributed by atoms with van der Waals surface area (Å²) < 4.78 is 6.88. The van der Waals surface area contributed by atoms with Gasteiger partial charge in [0, 0.05) is 7.05 Å². The smallest absolute Gasteiger partial charge is 0.338 e. The van der Waals surface area contributed by atoms with E-state index in [1.165, 1.54) is 11.6 Å². The average Bonchev–Trinajstić information content (AvgIpc) is 2.64. The zero-order valence-electron chi connectivity index (χ0n) is 13.8. The summed E-state index contributed by atoms with van der Waals surface area (Å²) in [6.07, 6.45) is 3.13. The molecule has 1 saturated carbocycles. The van der Waals surface area contributed by atoms with Gasteiger partial charge in [-0.05, 0) is 43.0 Å². The minimum Gasteiger partial charge on any atom is -0.457 e. The molecule has 0 amide bonds. The third-order valence-electron chi connectivity index (χ3n) is 4.31. The molecule has 1 aromatic carbocycles. The van der Waals surface area contributed by atoms with E-state index in [0.29, 0.717) is 5.56 Å². The molecule has 1 aliphatic rings. The van der Waals surface area contributed by atoms with Gasteiger partial charge in [0.05, 0.1) is 11.6 Å². The zero-order valence-corrected chi connectivity index (χ0v) is 14.6. The van der Waals surface area contributed by atoms with Crippen molar-refractivity contribution < 1.29 is 9.53 Å². The standard InChI is InChI=1S/C17H19ClN4O3/c1-22-15(23)14(20-21-17(22)18)19-12-9-5-6-10-13(12)25-16(24)11-7-3-2-4-8-11/h2-4,7-8,12-13H,5-6,9-10H2,1H3,(H,19,20)/t12-,13-/m1/s1.